The molecule has 2 aliphatic rings. The maximum absolute atomic E-state index is 15.0. The number of esters is 1. The smallest absolute Gasteiger partial charge is 0.433 e. The van der Waals surface area contributed by atoms with Gasteiger partial charge in [-0.2, -0.15) is 18.3 Å². The molecule has 2 aromatic heterocycles. The van der Waals surface area contributed by atoms with Crippen molar-refractivity contribution in [2.45, 2.75) is 128 Å². The summed E-state index contributed by atoms with van der Waals surface area (Å²) in [5.41, 5.74) is -2.02. The van der Waals surface area contributed by atoms with Crippen molar-refractivity contribution in [2.24, 2.45) is 11.8 Å². The van der Waals surface area contributed by atoms with E-state index in [1.54, 1.807) is 13.8 Å². The van der Waals surface area contributed by atoms with Crippen LogP contribution >= 0.6 is 23.2 Å². The van der Waals surface area contributed by atoms with Gasteiger partial charge in [0.05, 0.1) is 58.6 Å². The maximum Gasteiger partial charge on any atom is 0.433 e. The number of carbonyl (C=O) groups excluding carboxylic acids is 2. The number of halogens is 5. The van der Waals surface area contributed by atoms with E-state index in [4.69, 9.17) is 32.4 Å². The van der Waals surface area contributed by atoms with Crippen LogP contribution in [0.15, 0.2) is 18.6 Å². The van der Waals surface area contributed by atoms with Crippen LogP contribution in [0.25, 0.3) is 0 Å². The van der Waals surface area contributed by atoms with Gasteiger partial charge >= 0.3 is 12.1 Å². The van der Waals surface area contributed by atoms with Gasteiger partial charge in [0.2, 0.25) is 0 Å². The average molecular weight is 764 g/mol. The van der Waals surface area contributed by atoms with Crippen molar-refractivity contribution in [3.05, 3.63) is 45.5 Å². The zero-order valence-corrected chi connectivity index (χ0v) is 32.2. The van der Waals surface area contributed by atoms with Crippen LogP contribution in [0.3, 0.4) is 0 Å². The molecule has 0 aromatic carbocycles. The molecule has 9 nitrogen and oxygen atoms in total. The first-order valence-corrected chi connectivity index (χ1v) is 21.2. The van der Waals surface area contributed by atoms with Crippen LogP contribution in [0.2, 0.25) is 28.2 Å². The summed E-state index contributed by atoms with van der Waals surface area (Å²) >= 11 is 13.3. The lowest BCUT2D eigenvalue weighted by molar-refractivity contribution is -0.151. The lowest BCUT2D eigenvalue weighted by Gasteiger charge is -2.39. The fraction of sp³-hybridized carbons (Fsp3) is 0.714. The van der Waals surface area contributed by atoms with E-state index in [0.717, 1.165) is 29.0 Å². The molecule has 1 amide bonds. The molecular weight excluding hydrogens is 712 g/mol. The van der Waals surface area contributed by atoms with Crippen molar-refractivity contribution >= 4 is 43.4 Å². The predicted molar refractivity (Wildman–Crippen MR) is 189 cm³/mol. The van der Waals surface area contributed by atoms with Gasteiger partial charge in [0, 0.05) is 24.5 Å². The van der Waals surface area contributed by atoms with Crippen molar-refractivity contribution in [1.82, 2.24) is 19.7 Å². The molecule has 4 rings (SSSR count). The SMILES string of the molecule is CCOC(=O)C1CCC(n2ncc(C(=O)N(CC3CCC(C)(O)CC3)CC(O[Si](CC)(CC)CC)c3c(Cl)cncc3Cl)c2C(F)(F)F)CC1. The highest BCUT2D eigenvalue weighted by Crippen LogP contribution is 2.42. The standard InChI is InChI=1S/C35H51Cl2F3N4O5Si/c1-6-48-33(46)24-10-12-25(13-11-24)44-31(35(38,39)40)26(18-42-44)32(45)43(21-23-14-16-34(5,47)17-15-23)22-29(49-50(7-2,8-3)9-4)30-27(36)19-41-20-28(30)37/h18-20,23-25,29,47H,6-17,21-22H2,1-5H3. The van der Waals surface area contributed by atoms with Gasteiger partial charge in [0.1, 0.15) is 0 Å². The number of nitrogens with zero attached hydrogens (tertiary/aromatic N) is 4. The van der Waals surface area contributed by atoms with Crippen molar-refractivity contribution in [1.29, 1.82) is 0 Å². The predicted octanol–water partition coefficient (Wildman–Crippen LogP) is 9.04. The zero-order valence-electron chi connectivity index (χ0n) is 29.7. The van der Waals surface area contributed by atoms with Crippen LogP contribution in [-0.2, 0) is 20.1 Å². The van der Waals surface area contributed by atoms with Gasteiger partial charge in [-0.05, 0) is 89.3 Å². The molecule has 280 valence electrons. The number of aromatic nitrogens is 3. The second kappa shape index (κ2) is 17.1. The monoisotopic (exact) mass is 762 g/mol. The molecule has 0 bridgehead atoms. The minimum atomic E-state index is -4.88. The summed E-state index contributed by atoms with van der Waals surface area (Å²) in [6.07, 6.45) is 1.77. The van der Waals surface area contributed by atoms with Crippen LogP contribution in [0, 0.1) is 11.8 Å². The first-order chi connectivity index (χ1) is 23.6. The number of rotatable bonds is 14. The topological polar surface area (TPSA) is 107 Å². The van der Waals surface area contributed by atoms with Gasteiger partial charge in [-0.1, -0.05) is 44.0 Å². The lowest BCUT2D eigenvalue weighted by Crippen LogP contribution is -2.45. The van der Waals surface area contributed by atoms with E-state index in [-0.39, 0.29) is 47.5 Å². The number of ether oxygens (including phenoxy) is 1. The lowest BCUT2D eigenvalue weighted by atomic mass is 9.79. The summed E-state index contributed by atoms with van der Waals surface area (Å²) in [5.74, 6) is -1.59. The van der Waals surface area contributed by atoms with E-state index in [9.17, 15) is 27.9 Å². The Balaban J connectivity index is 1.74. The van der Waals surface area contributed by atoms with Crippen LogP contribution in [0.5, 0.6) is 0 Å². The minimum Gasteiger partial charge on any atom is -0.466 e. The van der Waals surface area contributed by atoms with E-state index in [1.807, 2.05) is 0 Å². The van der Waals surface area contributed by atoms with E-state index >= 15 is 0 Å². The summed E-state index contributed by atoms with van der Waals surface area (Å²) in [6, 6.07) is 1.72. The molecule has 2 heterocycles. The van der Waals surface area contributed by atoms with E-state index < -0.39 is 49.4 Å². The highest BCUT2D eigenvalue weighted by Gasteiger charge is 2.44. The quantitative estimate of drug-likeness (QED) is 0.151. The Morgan fingerprint density at radius 3 is 2.12 bits per heavy atom. The second-order valence-corrected chi connectivity index (χ2v) is 19.7. The van der Waals surface area contributed by atoms with Crippen molar-refractivity contribution in [3.8, 4) is 0 Å². The van der Waals surface area contributed by atoms with Gasteiger partial charge < -0.3 is 19.2 Å². The molecule has 2 aliphatic carbocycles. The number of pyridine rings is 1. The Morgan fingerprint density at radius 2 is 1.60 bits per heavy atom. The molecule has 0 spiro atoms. The van der Waals surface area contributed by atoms with Crippen molar-refractivity contribution in [2.75, 3.05) is 19.7 Å². The van der Waals surface area contributed by atoms with Crippen LogP contribution in [-0.4, -0.2) is 70.3 Å². The van der Waals surface area contributed by atoms with Crippen molar-refractivity contribution in [3.63, 3.8) is 0 Å². The highest BCUT2D eigenvalue weighted by atomic mass is 35.5. The Morgan fingerprint density at radius 1 is 1.02 bits per heavy atom. The number of aliphatic hydroxyl groups is 1. The fourth-order valence-corrected chi connectivity index (χ4v) is 10.9. The molecular formula is C35H51Cl2F3N4O5Si. The van der Waals surface area contributed by atoms with Crippen LogP contribution in [0.4, 0.5) is 13.2 Å². The molecule has 1 atom stereocenters. The van der Waals surface area contributed by atoms with Crippen molar-refractivity contribution < 1.29 is 37.0 Å². The van der Waals surface area contributed by atoms with Gasteiger partial charge in [-0.15, -0.1) is 0 Å². The molecule has 2 fully saturated rings. The second-order valence-electron chi connectivity index (χ2n) is 14.1. The Kier molecular flexibility index (Phi) is 13.9. The molecule has 0 radical (unpaired) electrons. The summed E-state index contributed by atoms with van der Waals surface area (Å²) in [7, 11) is -2.38. The van der Waals surface area contributed by atoms with Crippen LogP contribution < -0.4 is 0 Å². The molecule has 0 aliphatic heterocycles. The molecule has 50 heavy (non-hydrogen) atoms. The third kappa shape index (κ3) is 9.61. The number of hydrogen-bond donors (Lipinski definition) is 1. The normalized spacial score (nSPS) is 23.8. The minimum absolute atomic E-state index is 0.0590. The average Bonchev–Trinajstić information content (AvgIpc) is 3.54. The third-order valence-corrected chi connectivity index (χ3v) is 16.1. The number of alkyl halides is 3. The third-order valence-electron chi connectivity index (χ3n) is 10.8. The van der Waals surface area contributed by atoms with Crippen LogP contribution in [0.1, 0.15) is 120 Å². The number of carbonyl (C=O) groups is 2. The number of hydrogen-bond acceptors (Lipinski definition) is 7. The first kappa shape index (κ1) is 40.6. The van der Waals surface area contributed by atoms with Gasteiger partial charge in [0.15, 0.2) is 14.0 Å². The van der Waals surface area contributed by atoms with E-state index in [0.29, 0.717) is 56.9 Å². The molecule has 15 heteroatoms. The highest BCUT2D eigenvalue weighted by molar-refractivity contribution is 6.73. The largest absolute Gasteiger partial charge is 0.466 e. The van der Waals surface area contributed by atoms with Gasteiger partial charge in [-0.3, -0.25) is 19.3 Å². The molecule has 2 saturated carbocycles. The summed E-state index contributed by atoms with van der Waals surface area (Å²) in [4.78, 5) is 32.4. The van der Waals surface area contributed by atoms with Gasteiger partial charge in [0.25, 0.3) is 5.91 Å². The first-order valence-electron chi connectivity index (χ1n) is 17.9. The Labute approximate surface area is 304 Å². The summed E-state index contributed by atoms with van der Waals surface area (Å²) < 4.78 is 57.9. The zero-order chi connectivity index (χ0) is 36.9. The summed E-state index contributed by atoms with van der Waals surface area (Å²) in [6.45, 7) is 9.98. The fourth-order valence-electron chi connectivity index (χ4n) is 7.52. The van der Waals surface area contributed by atoms with Gasteiger partial charge in [-0.25, -0.2) is 0 Å². The van der Waals surface area contributed by atoms with E-state index in [1.165, 1.54) is 17.3 Å². The molecule has 1 unspecified atom stereocenters. The Bertz CT molecular complexity index is 1430. The summed E-state index contributed by atoms with van der Waals surface area (Å²) in [5, 5.41) is 15.3. The number of amides is 1. The molecule has 0 saturated heterocycles. The molecule has 1 N–H and O–H groups in total. The maximum atomic E-state index is 15.0. The molecule has 2 aromatic rings. The Hall–Kier alpha value is -2.19. The van der Waals surface area contributed by atoms with E-state index in [2.05, 4.69) is 30.9 Å².